The van der Waals surface area contributed by atoms with E-state index in [1.807, 2.05) is 13.8 Å². The molecule has 3 N–H and O–H groups in total. The molecule has 6 heteroatoms. The van der Waals surface area contributed by atoms with E-state index in [4.69, 9.17) is 10.5 Å². The molecule has 0 radical (unpaired) electrons. The molecule has 0 aromatic heterocycles. The average molecular weight is 361 g/mol. The molecule has 2 fully saturated rings. The van der Waals surface area contributed by atoms with Crippen LogP contribution in [0.5, 0.6) is 0 Å². The molecule has 2 aliphatic rings. The number of hydrogen-bond acceptors (Lipinski definition) is 4. The summed E-state index contributed by atoms with van der Waals surface area (Å²) in [6, 6.07) is 0.268. The fourth-order valence-electron chi connectivity index (χ4n) is 4.44. The van der Waals surface area contributed by atoms with Crippen molar-refractivity contribution >= 4 is 24.3 Å². The first-order chi connectivity index (χ1) is 10.9. The third kappa shape index (κ3) is 4.63. The van der Waals surface area contributed by atoms with Crippen LogP contribution in [0.1, 0.15) is 65.2 Å². The normalized spacial score (nSPS) is 29.3. The number of carbonyl (C=O) groups excluding carboxylic acids is 2. The summed E-state index contributed by atoms with van der Waals surface area (Å²) in [5.41, 5.74) is 5.83. The number of amides is 1. The Labute approximate surface area is 151 Å². The zero-order chi connectivity index (χ0) is 17.0. The minimum atomic E-state index is -0.487. The Morgan fingerprint density at radius 3 is 2.17 bits per heavy atom. The number of carbonyl (C=O) groups is 2. The van der Waals surface area contributed by atoms with Gasteiger partial charge < -0.3 is 15.8 Å². The lowest BCUT2D eigenvalue weighted by Crippen LogP contribution is -2.54. The Morgan fingerprint density at radius 2 is 1.71 bits per heavy atom. The van der Waals surface area contributed by atoms with E-state index >= 15 is 0 Å². The van der Waals surface area contributed by atoms with E-state index in [9.17, 15) is 9.59 Å². The maximum atomic E-state index is 12.8. The van der Waals surface area contributed by atoms with Gasteiger partial charge in [0.05, 0.1) is 13.5 Å². The van der Waals surface area contributed by atoms with Crippen molar-refractivity contribution in [2.45, 2.75) is 76.8 Å². The zero-order valence-electron chi connectivity index (χ0n) is 15.2. The summed E-state index contributed by atoms with van der Waals surface area (Å²) in [5, 5.41) is 3.19. The minimum absolute atomic E-state index is 0. The lowest BCUT2D eigenvalue weighted by atomic mass is 9.65. The molecule has 5 nitrogen and oxygen atoms in total. The van der Waals surface area contributed by atoms with Crippen molar-refractivity contribution in [2.24, 2.45) is 23.5 Å². The fraction of sp³-hybridized carbons (Fsp3) is 0.889. The molecule has 2 aliphatic carbocycles. The number of fused-ring (bicyclic) bond motifs is 2. The standard InChI is InChI=1S/C18H32N2O3.ClH/c1-4-18(5-2,11-15(21)23-3)20-17(22)14-9-12-7-6-8-13(10-14)16(12)19;/h12-14,16H,4-11,19H2,1-3H3,(H,20,22);1H. The summed E-state index contributed by atoms with van der Waals surface area (Å²) < 4.78 is 4.80. The molecular formula is C18H33ClN2O3. The molecular weight excluding hydrogens is 328 g/mol. The minimum Gasteiger partial charge on any atom is -0.469 e. The fourth-order valence-corrected chi connectivity index (χ4v) is 4.44. The summed E-state index contributed by atoms with van der Waals surface area (Å²) in [6.45, 7) is 4.02. The van der Waals surface area contributed by atoms with Crippen LogP contribution in [0.15, 0.2) is 0 Å². The van der Waals surface area contributed by atoms with Gasteiger partial charge in [-0.15, -0.1) is 12.4 Å². The largest absolute Gasteiger partial charge is 0.469 e. The molecule has 0 heterocycles. The number of ether oxygens (including phenoxy) is 1. The molecule has 0 aliphatic heterocycles. The molecule has 1 amide bonds. The summed E-state index contributed by atoms with van der Waals surface area (Å²) in [5.74, 6) is 0.839. The van der Waals surface area contributed by atoms with Gasteiger partial charge in [0.25, 0.3) is 0 Å². The van der Waals surface area contributed by atoms with Gasteiger partial charge in [0.2, 0.25) is 5.91 Å². The van der Waals surface area contributed by atoms with Gasteiger partial charge in [-0.05, 0) is 50.4 Å². The van der Waals surface area contributed by atoms with Crippen molar-refractivity contribution in [1.82, 2.24) is 5.32 Å². The zero-order valence-corrected chi connectivity index (χ0v) is 16.0. The SMILES string of the molecule is CCC(CC)(CC(=O)OC)NC(=O)C1CC2CCCC(C1)C2N.Cl. The Morgan fingerprint density at radius 1 is 1.17 bits per heavy atom. The highest BCUT2D eigenvalue weighted by Crippen LogP contribution is 2.42. The molecule has 0 aromatic carbocycles. The van der Waals surface area contributed by atoms with E-state index in [-0.39, 0.29) is 42.7 Å². The van der Waals surface area contributed by atoms with Crippen LogP contribution in [-0.2, 0) is 14.3 Å². The van der Waals surface area contributed by atoms with Gasteiger partial charge in [0.15, 0.2) is 0 Å². The molecule has 140 valence electrons. The van der Waals surface area contributed by atoms with Crippen molar-refractivity contribution in [1.29, 1.82) is 0 Å². The second-order valence-corrected chi connectivity index (χ2v) is 7.43. The number of rotatable bonds is 6. The third-order valence-corrected chi connectivity index (χ3v) is 6.24. The number of halogens is 1. The Kier molecular flexibility index (Phi) is 8.00. The van der Waals surface area contributed by atoms with Crippen LogP contribution in [0.4, 0.5) is 0 Å². The topological polar surface area (TPSA) is 81.4 Å². The van der Waals surface area contributed by atoms with Crippen LogP contribution in [0.25, 0.3) is 0 Å². The lowest BCUT2D eigenvalue weighted by molar-refractivity contribution is -0.143. The van der Waals surface area contributed by atoms with Gasteiger partial charge >= 0.3 is 5.97 Å². The van der Waals surface area contributed by atoms with Crippen molar-refractivity contribution in [2.75, 3.05) is 7.11 Å². The van der Waals surface area contributed by atoms with Gasteiger partial charge in [-0.2, -0.15) is 0 Å². The molecule has 0 saturated heterocycles. The highest BCUT2D eigenvalue weighted by molar-refractivity contribution is 5.85. The molecule has 0 spiro atoms. The maximum absolute atomic E-state index is 12.8. The van der Waals surface area contributed by atoms with Crippen LogP contribution in [0.3, 0.4) is 0 Å². The van der Waals surface area contributed by atoms with E-state index in [1.54, 1.807) is 0 Å². The first kappa shape index (κ1) is 21.2. The van der Waals surface area contributed by atoms with E-state index in [0.717, 1.165) is 38.5 Å². The summed E-state index contributed by atoms with van der Waals surface area (Å²) >= 11 is 0. The van der Waals surface area contributed by atoms with Crippen LogP contribution in [0.2, 0.25) is 0 Å². The number of methoxy groups -OCH3 is 1. The second kappa shape index (κ2) is 9.04. The summed E-state index contributed by atoms with van der Waals surface area (Å²) in [7, 11) is 1.39. The Hall–Kier alpha value is -0.810. The van der Waals surface area contributed by atoms with E-state index in [2.05, 4.69) is 5.32 Å². The highest BCUT2D eigenvalue weighted by atomic mass is 35.5. The van der Waals surface area contributed by atoms with Crippen molar-refractivity contribution in [3.8, 4) is 0 Å². The highest BCUT2D eigenvalue weighted by Gasteiger charge is 2.42. The van der Waals surface area contributed by atoms with Gasteiger partial charge in [0.1, 0.15) is 0 Å². The molecule has 2 atom stereocenters. The second-order valence-electron chi connectivity index (χ2n) is 7.43. The van der Waals surface area contributed by atoms with Crippen molar-refractivity contribution in [3.05, 3.63) is 0 Å². The van der Waals surface area contributed by atoms with Gasteiger partial charge in [-0.3, -0.25) is 9.59 Å². The number of esters is 1. The average Bonchev–Trinajstić information content (AvgIpc) is 2.53. The van der Waals surface area contributed by atoms with Crippen molar-refractivity contribution < 1.29 is 14.3 Å². The van der Waals surface area contributed by atoms with Gasteiger partial charge in [-0.25, -0.2) is 0 Å². The molecule has 24 heavy (non-hydrogen) atoms. The maximum Gasteiger partial charge on any atom is 0.307 e. The quantitative estimate of drug-likeness (QED) is 0.713. The smallest absolute Gasteiger partial charge is 0.307 e. The molecule has 2 saturated carbocycles. The van der Waals surface area contributed by atoms with E-state index in [1.165, 1.54) is 13.5 Å². The Bertz CT molecular complexity index is 426. The number of nitrogens with one attached hydrogen (secondary N) is 1. The van der Waals surface area contributed by atoms with Gasteiger partial charge in [0, 0.05) is 17.5 Å². The predicted octanol–water partition coefficient (Wildman–Crippen LogP) is 2.80. The van der Waals surface area contributed by atoms with Crippen LogP contribution >= 0.6 is 12.4 Å². The number of hydrogen-bond donors (Lipinski definition) is 2. The van der Waals surface area contributed by atoms with Crippen molar-refractivity contribution in [3.63, 3.8) is 0 Å². The molecule has 2 unspecified atom stereocenters. The third-order valence-electron chi connectivity index (χ3n) is 6.24. The number of nitrogens with two attached hydrogens (primary N) is 1. The summed E-state index contributed by atoms with van der Waals surface area (Å²) in [6.07, 6.45) is 7.02. The van der Waals surface area contributed by atoms with Gasteiger partial charge in [-0.1, -0.05) is 20.3 Å². The first-order valence-corrected chi connectivity index (χ1v) is 9.09. The molecule has 2 rings (SSSR count). The van der Waals surface area contributed by atoms with E-state index < -0.39 is 5.54 Å². The summed E-state index contributed by atoms with van der Waals surface area (Å²) in [4.78, 5) is 24.6. The van der Waals surface area contributed by atoms with Crippen LogP contribution < -0.4 is 11.1 Å². The molecule has 0 aromatic rings. The van der Waals surface area contributed by atoms with E-state index in [0.29, 0.717) is 11.8 Å². The Balaban J connectivity index is 0.00000288. The predicted molar refractivity (Wildman–Crippen MR) is 96.9 cm³/mol. The molecule has 2 bridgehead atoms. The lowest BCUT2D eigenvalue weighted by Gasteiger charge is -2.44. The first-order valence-electron chi connectivity index (χ1n) is 9.09. The monoisotopic (exact) mass is 360 g/mol. The van der Waals surface area contributed by atoms with Crippen LogP contribution in [-0.4, -0.2) is 30.6 Å². The van der Waals surface area contributed by atoms with Crippen LogP contribution in [0, 0.1) is 17.8 Å².